The number of aromatic nitrogens is 3. The standard InChI is InChI=1S/C36H45N7O3/c1-5-25-10-9-11-26(6-2)34(25)40-36(44)46-29-23-32(41(3)24-29)30-14-17-37-35(38-30)39-31-13-12-28(22-33(31)45-4)43-20-15-27(16-21-43)42-18-7-8-19-42/h9-14,17,22-24,27H,5-8,15-16,18-21H2,1-4H3,(H,40,44)(H,37,38,39). The van der Waals surface area contributed by atoms with Crippen LogP contribution in [-0.2, 0) is 19.9 Å². The Kier molecular flexibility index (Phi) is 9.73. The molecule has 4 heterocycles. The summed E-state index contributed by atoms with van der Waals surface area (Å²) in [5, 5.41) is 6.30. The van der Waals surface area contributed by atoms with Crippen LogP contribution in [0.4, 0.5) is 27.8 Å². The van der Waals surface area contributed by atoms with Crippen molar-refractivity contribution in [2.24, 2.45) is 7.05 Å². The molecule has 4 aromatic rings. The molecule has 2 saturated heterocycles. The molecule has 1 amide bonds. The normalized spacial score (nSPS) is 15.6. The van der Waals surface area contributed by atoms with E-state index in [-0.39, 0.29) is 0 Å². The molecule has 6 rings (SSSR count). The first kappa shape index (κ1) is 31.4. The van der Waals surface area contributed by atoms with Crippen molar-refractivity contribution in [3.05, 3.63) is 72.1 Å². The van der Waals surface area contributed by atoms with Crippen LogP contribution < -0.4 is 25.0 Å². The maximum atomic E-state index is 12.9. The molecule has 242 valence electrons. The number of hydrogen-bond donors (Lipinski definition) is 2. The number of hydrogen-bond acceptors (Lipinski definition) is 8. The van der Waals surface area contributed by atoms with E-state index < -0.39 is 6.09 Å². The van der Waals surface area contributed by atoms with Gasteiger partial charge in [0.05, 0.1) is 29.9 Å². The van der Waals surface area contributed by atoms with E-state index in [1.165, 1.54) is 44.5 Å². The number of carbonyl (C=O) groups excluding carboxylic acids is 1. The molecule has 46 heavy (non-hydrogen) atoms. The zero-order chi connectivity index (χ0) is 32.0. The van der Waals surface area contributed by atoms with Crippen LogP contribution in [0.2, 0.25) is 0 Å². The second kappa shape index (κ2) is 14.2. The summed E-state index contributed by atoms with van der Waals surface area (Å²) in [5.74, 6) is 1.61. The van der Waals surface area contributed by atoms with E-state index >= 15 is 0 Å². The fourth-order valence-electron chi connectivity index (χ4n) is 6.74. The predicted octanol–water partition coefficient (Wildman–Crippen LogP) is 7.03. The summed E-state index contributed by atoms with van der Waals surface area (Å²) in [6.07, 6.45) is 9.67. The highest BCUT2D eigenvalue weighted by Gasteiger charge is 2.27. The van der Waals surface area contributed by atoms with Crippen molar-refractivity contribution in [1.82, 2.24) is 19.4 Å². The quantitative estimate of drug-likeness (QED) is 0.194. The van der Waals surface area contributed by atoms with Crippen LogP contribution in [0.15, 0.2) is 60.9 Å². The van der Waals surface area contributed by atoms with Crippen molar-refractivity contribution in [2.45, 2.75) is 58.4 Å². The average molecular weight is 624 g/mol. The van der Waals surface area contributed by atoms with Gasteiger partial charge in [0.1, 0.15) is 5.75 Å². The highest BCUT2D eigenvalue weighted by atomic mass is 16.6. The number of nitrogens with zero attached hydrogens (tertiary/aromatic N) is 5. The molecule has 2 aromatic carbocycles. The number of benzene rings is 2. The van der Waals surface area contributed by atoms with Gasteiger partial charge in [0.25, 0.3) is 0 Å². The van der Waals surface area contributed by atoms with Crippen molar-refractivity contribution in [3.63, 3.8) is 0 Å². The van der Waals surface area contributed by atoms with Crippen molar-refractivity contribution in [3.8, 4) is 22.9 Å². The third-order valence-corrected chi connectivity index (χ3v) is 9.25. The van der Waals surface area contributed by atoms with Gasteiger partial charge in [-0.1, -0.05) is 32.0 Å². The van der Waals surface area contributed by atoms with Gasteiger partial charge < -0.3 is 29.2 Å². The number of likely N-dealkylation sites (tertiary alicyclic amines) is 1. The number of nitrogens with one attached hydrogen (secondary N) is 2. The van der Waals surface area contributed by atoms with Gasteiger partial charge in [-0.2, -0.15) is 0 Å². The minimum Gasteiger partial charge on any atom is -0.494 e. The third kappa shape index (κ3) is 6.97. The summed E-state index contributed by atoms with van der Waals surface area (Å²) in [5.41, 5.74) is 6.42. The molecule has 0 saturated carbocycles. The second-order valence-corrected chi connectivity index (χ2v) is 12.1. The molecule has 2 aliphatic heterocycles. The molecule has 2 aliphatic rings. The number of anilines is 4. The maximum Gasteiger partial charge on any atom is 0.417 e. The Morgan fingerprint density at radius 3 is 2.41 bits per heavy atom. The summed E-state index contributed by atoms with van der Waals surface area (Å²) in [7, 11) is 3.58. The number of amides is 1. The lowest BCUT2D eigenvalue weighted by atomic mass is 10.0. The first-order chi connectivity index (χ1) is 22.4. The molecule has 0 bridgehead atoms. The zero-order valence-corrected chi connectivity index (χ0v) is 27.4. The Bertz CT molecular complexity index is 1630. The number of ether oxygens (including phenoxy) is 2. The van der Waals surface area contributed by atoms with Crippen LogP contribution in [-0.4, -0.2) is 64.9 Å². The second-order valence-electron chi connectivity index (χ2n) is 12.1. The Balaban J connectivity index is 1.12. The minimum absolute atomic E-state index is 0.428. The van der Waals surface area contributed by atoms with E-state index in [0.717, 1.165) is 59.9 Å². The number of aryl methyl sites for hydroxylation is 3. The molecular weight excluding hydrogens is 578 g/mol. The van der Waals surface area contributed by atoms with Crippen LogP contribution in [0.1, 0.15) is 50.7 Å². The summed E-state index contributed by atoms with van der Waals surface area (Å²) >= 11 is 0. The number of carbonyl (C=O) groups is 1. The number of piperidine rings is 1. The number of methoxy groups -OCH3 is 1. The maximum absolute atomic E-state index is 12.9. The van der Waals surface area contributed by atoms with Gasteiger partial charge in [0, 0.05) is 56.4 Å². The Hall–Kier alpha value is -4.57. The van der Waals surface area contributed by atoms with Crippen LogP contribution in [0, 0.1) is 0 Å². The summed E-state index contributed by atoms with van der Waals surface area (Å²) in [6.45, 7) is 8.77. The zero-order valence-electron chi connectivity index (χ0n) is 27.4. The Labute approximate surface area is 271 Å². The third-order valence-electron chi connectivity index (χ3n) is 9.25. The van der Waals surface area contributed by atoms with Crippen LogP contribution in [0.5, 0.6) is 11.5 Å². The minimum atomic E-state index is -0.524. The fourth-order valence-corrected chi connectivity index (χ4v) is 6.74. The van der Waals surface area contributed by atoms with Gasteiger partial charge in [-0.25, -0.2) is 14.8 Å². The molecule has 2 fully saturated rings. The molecule has 0 radical (unpaired) electrons. The largest absolute Gasteiger partial charge is 0.494 e. The highest BCUT2D eigenvalue weighted by Crippen LogP contribution is 2.34. The van der Waals surface area contributed by atoms with Gasteiger partial charge in [-0.15, -0.1) is 0 Å². The molecular formula is C36H45N7O3. The topological polar surface area (TPSA) is 96.8 Å². The Morgan fingerprint density at radius 2 is 1.72 bits per heavy atom. The SMILES string of the molecule is CCc1cccc(CC)c1NC(=O)Oc1cc(-c2ccnc(Nc3ccc(N4CCC(N5CCCC5)CC4)cc3OC)n2)n(C)c1. The van der Waals surface area contributed by atoms with Crippen LogP contribution in [0.25, 0.3) is 11.4 Å². The van der Waals surface area contributed by atoms with E-state index in [1.807, 2.05) is 41.9 Å². The summed E-state index contributed by atoms with van der Waals surface area (Å²) in [4.78, 5) is 27.3. The van der Waals surface area contributed by atoms with Gasteiger partial charge in [0.2, 0.25) is 5.95 Å². The average Bonchev–Trinajstić information content (AvgIpc) is 3.75. The van der Waals surface area contributed by atoms with Crippen molar-refractivity contribution < 1.29 is 14.3 Å². The van der Waals surface area contributed by atoms with Crippen LogP contribution in [0.3, 0.4) is 0 Å². The molecule has 10 heteroatoms. The monoisotopic (exact) mass is 623 g/mol. The predicted molar refractivity (Wildman–Crippen MR) is 184 cm³/mol. The molecule has 0 atom stereocenters. The smallest absolute Gasteiger partial charge is 0.417 e. The van der Waals surface area contributed by atoms with Crippen molar-refractivity contribution in [1.29, 1.82) is 0 Å². The summed E-state index contributed by atoms with van der Waals surface area (Å²) < 4.78 is 13.4. The van der Waals surface area contributed by atoms with E-state index in [1.54, 1.807) is 25.6 Å². The fraction of sp³-hybridized carbons (Fsp3) is 0.417. The van der Waals surface area contributed by atoms with Gasteiger partial charge in [-0.3, -0.25) is 5.32 Å². The summed E-state index contributed by atoms with van der Waals surface area (Å²) in [6, 6.07) is 16.7. The van der Waals surface area contributed by atoms with Gasteiger partial charge >= 0.3 is 6.09 Å². The number of para-hydroxylation sites is 1. The first-order valence-corrected chi connectivity index (χ1v) is 16.5. The molecule has 10 nitrogen and oxygen atoms in total. The van der Waals surface area contributed by atoms with Crippen molar-refractivity contribution >= 4 is 29.1 Å². The van der Waals surface area contributed by atoms with E-state index in [4.69, 9.17) is 14.5 Å². The van der Waals surface area contributed by atoms with Crippen LogP contribution >= 0.6 is 0 Å². The molecule has 0 aliphatic carbocycles. The van der Waals surface area contributed by atoms with E-state index in [0.29, 0.717) is 23.4 Å². The molecule has 0 spiro atoms. The van der Waals surface area contributed by atoms with Gasteiger partial charge in [-0.05, 0) is 80.9 Å². The molecule has 2 aromatic heterocycles. The lowest BCUT2D eigenvalue weighted by Crippen LogP contribution is -2.43. The molecule has 2 N–H and O–H groups in total. The highest BCUT2D eigenvalue weighted by molar-refractivity contribution is 5.88. The van der Waals surface area contributed by atoms with E-state index in [2.05, 4.69) is 51.4 Å². The lowest BCUT2D eigenvalue weighted by Gasteiger charge is -2.38. The lowest BCUT2D eigenvalue weighted by molar-refractivity contribution is 0.208. The first-order valence-electron chi connectivity index (χ1n) is 16.5. The van der Waals surface area contributed by atoms with Crippen molar-refractivity contribution in [2.75, 3.05) is 48.8 Å². The molecule has 0 unspecified atom stereocenters. The Morgan fingerprint density at radius 1 is 0.978 bits per heavy atom. The van der Waals surface area contributed by atoms with Gasteiger partial charge in [0.15, 0.2) is 5.75 Å². The van der Waals surface area contributed by atoms with E-state index in [9.17, 15) is 4.79 Å². The number of rotatable bonds is 10.